The van der Waals surface area contributed by atoms with E-state index < -0.39 is 0 Å². The highest BCUT2D eigenvalue weighted by Crippen LogP contribution is 2.38. The van der Waals surface area contributed by atoms with Gasteiger partial charge >= 0.3 is 0 Å². The zero-order chi connectivity index (χ0) is 18.8. The quantitative estimate of drug-likeness (QED) is 0.695. The number of nitrogens with zero attached hydrogens (tertiary/aromatic N) is 2. The van der Waals surface area contributed by atoms with Gasteiger partial charge in [-0.1, -0.05) is 29.8 Å². The number of amides is 1. The monoisotopic (exact) mass is 400 g/mol. The molecule has 0 aliphatic carbocycles. The molecule has 0 saturated heterocycles. The second-order valence-corrected chi connectivity index (χ2v) is 7.38. The fourth-order valence-corrected chi connectivity index (χ4v) is 4.15. The summed E-state index contributed by atoms with van der Waals surface area (Å²) in [5.74, 6) is 0.556. The van der Waals surface area contributed by atoms with Crippen molar-refractivity contribution in [2.24, 2.45) is 0 Å². The predicted octanol–water partition coefficient (Wildman–Crippen LogP) is 4.24. The van der Waals surface area contributed by atoms with E-state index in [0.29, 0.717) is 29.4 Å². The maximum atomic E-state index is 12.2. The summed E-state index contributed by atoms with van der Waals surface area (Å²) in [6, 6.07) is 13.3. The van der Waals surface area contributed by atoms with Gasteiger partial charge in [-0.25, -0.2) is 4.98 Å². The molecule has 1 aromatic heterocycles. The van der Waals surface area contributed by atoms with E-state index in [-0.39, 0.29) is 19.1 Å². The number of rotatable bonds is 5. The lowest BCUT2D eigenvalue weighted by Crippen LogP contribution is -2.39. The van der Waals surface area contributed by atoms with Crippen LogP contribution in [0.2, 0.25) is 5.02 Å². The van der Waals surface area contributed by atoms with Gasteiger partial charge in [0.1, 0.15) is 10.8 Å². The lowest BCUT2D eigenvalue weighted by atomic mass is 10.1. The summed E-state index contributed by atoms with van der Waals surface area (Å²) in [5, 5.41) is 12.6. The van der Waals surface area contributed by atoms with Crippen LogP contribution in [0.1, 0.15) is 6.42 Å². The topological polar surface area (TPSA) is 62.7 Å². The van der Waals surface area contributed by atoms with Crippen molar-refractivity contribution < 1.29 is 14.6 Å². The van der Waals surface area contributed by atoms with Gasteiger partial charge in [0.25, 0.3) is 5.91 Å². The number of anilines is 1. The van der Waals surface area contributed by atoms with Crippen molar-refractivity contribution in [1.82, 2.24) is 4.98 Å². The van der Waals surface area contributed by atoms with Gasteiger partial charge in [0.2, 0.25) is 0 Å². The Kier molecular flexibility index (Phi) is 5.11. The van der Waals surface area contributed by atoms with Gasteiger partial charge in [0.05, 0.1) is 16.4 Å². The molecule has 2 aromatic carbocycles. The van der Waals surface area contributed by atoms with Crippen LogP contribution < -0.4 is 9.64 Å². The van der Waals surface area contributed by atoms with Gasteiger partial charge in [-0.3, -0.25) is 4.79 Å². The zero-order valence-electron chi connectivity index (χ0n) is 14.4. The second kappa shape index (κ2) is 7.68. The fraction of sp³-hybridized carbons (Fsp3) is 0.200. The molecule has 0 fully saturated rings. The van der Waals surface area contributed by atoms with Gasteiger partial charge in [0, 0.05) is 29.7 Å². The molecule has 0 bridgehead atoms. The molecule has 1 amide bonds. The Hall–Kier alpha value is -2.41. The van der Waals surface area contributed by atoms with Crippen LogP contribution in [0.3, 0.4) is 0 Å². The molecule has 27 heavy (non-hydrogen) atoms. The number of hydrogen-bond donors (Lipinski definition) is 1. The lowest BCUT2D eigenvalue weighted by molar-refractivity contribution is -0.121. The van der Waals surface area contributed by atoms with Gasteiger partial charge in [-0.15, -0.1) is 11.3 Å². The molecule has 3 aromatic rings. The molecule has 0 saturated carbocycles. The van der Waals surface area contributed by atoms with Crippen LogP contribution in [-0.2, 0) is 4.79 Å². The van der Waals surface area contributed by atoms with Gasteiger partial charge < -0.3 is 14.7 Å². The number of aromatic nitrogens is 1. The Labute approximate surface area is 165 Å². The standard InChI is InChI=1S/C20H17ClN2O3S/c21-15-5-2-1-4-14(15)20-22-16(12-27-20)13-6-7-18-17(10-13)23(8-3-9-24)19(25)11-26-18/h1-2,4-7,10,12,24H,3,8-9,11H2. The highest BCUT2D eigenvalue weighted by molar-refractivity contribution is 7.13. The number of fused-ring (bicyclic) bond motifs is 1. The summed E-state index contributed by atoms with van der Waals surface area (Å²) in [5.41, 5.74) is 3.33. The number of carbonyl (C=O) groups excluding carboxylic acids is 1. The number of thiazole rings is 1. The van der Waals surface area contributed by atoms with Crippen molar-refractivity contribution in [3.8, 4) is 27.6 Å². The molecular formula is C20H17ClN2O3S. The number of hydrogen-bond acceptors (Lipinski definition) is 5. The summed E-state index contributed by atoms with van der Waals surface area (Å²) in [4.78, 5) is 18.6. The smallest absolute Gasteiger partial charge is 0.265 e. The summed E-state index contributed by atoms with van der Waals surface area (Å²) in [6.45, 7) is 0.509. The zero-order valence-corrected chi connectivity index (χ0v) is 16.0. The first-order chi connectivity index (χ1) is 13.2. The molecule has 1 aliphatic heterocycles. The van der Waals surface area contributed by atoms with Crippen LogP contribution in [0.25, 0.3) is 21.8 Å². The SMILES string of the molecule is O=C1COc2ccc(-c3csc(-c4ccccc4Cl)n3)cc2N1CCCO. The third-order valence-corrected chi connectivity index (χ3v) is 5.55. The van der Waals surface area contributed by atoms with E-state index in [4.69, 9.17) is 26.4 Å². The Morgan fingerprint density at radius 2 is 2.11 bits per heavy atom. The Balaban J connectivity index is 1.69. The lowest BCUT2D eigenvalue weighted by Gasteiger charge is -2.29. The third-order valence-electron chi connectivity index (χ3n) is 4.35. The number of aliphatic hydroxyl groups is 1. The van der Waals surface area contributed by atoms with Gasteiger partial charge in [-0.2, -0.15) is 0 Å². The summed E-state index contributed by atoms with van der Waals surface area (Å²) >= 11 is 7.80. The van der Waals surface area contributed by atoms with Crippen molar-refractivity contribution in [3.63, 3.8) is 0 Å². The van der Waals surface area contributed by atoms with Crippen LogP contribution in [0.5, 0.6) is 5.75 Å². The van der Waals surface area contributed by atoms with Crippen molar-refractivity contribution in [1.29, 1.82) is 0 Å². The van der Waals surface area contributed by atoms with Crippen molar-refractivity contribution >= 4 is 34.5 Å². The molecule has 0 spiro atoms. The van der Waals surface area contributed by atoms with E-state index in [1.165, 1.54) is 11.3 Å². The molecule has 1 aliphatic rings. The molecule has 0 atom stereocenters. The van der Waals surface area contributed by atoms with Crippen molar-refractivity contribution in [2.75, 3.05) is 24.7 Å². The van der Waals surface area contributed by atoms with E-state index in [1.807, 2.05) is 47.8 Å². The minimum absolute atomic E-state index is 0.0190. The normalized spacial score (nSPS) is 13.4. The first-order valence-electron chi connectivity index (χ1n) is 8.56. The van der Waals surface area contributed by atoms with Crippen molar-refractivity contribution in [2.45, 2.75) is 6.42 Å². The number of carbonyl (C=O) groups is 1. The van der Waals surface area contributed by atoms with Crippen LogP contribution >= 0.6 is 22.9 Å². The molecule has 2 heterocycles. The number of aliphatic hydroxyl groups excluding tert-OH is 1. The minimum Gasteiger partial charge on any atom is -0.482 e. The molecule has 138 valence electrons. The molecule has 0 radical (unpaired) electrons. The Bertz CT molecular complexity index is 989. The van der Waals surface area contributed by atoms with E-state index >= 15 is 0 Å². The minimum atomic E-state index is -0.108. The second-order valence-electron chi connectivity index (χ2n) is 6.11. The Morgan fingerprint density at radius 3 is 2.93 bits per heavy atom. The first kappa shape index (κ1) is 18.0. The maximum absolute atomic E-state index is 12.2. The van der Waals surface area contributed by atoms with Crippen LogP contribution in [0.15, 0.2) is 47.8 Å². The fourth-order valence-electron chi connectivity index (χ4n) is 3.00. The van der Waals surface area contributed by atoms with Crippen LogP contribution in [-0.4, -0.2) is 35.8 Å². The molecule has 5 nitrogen and oxygen atoms in total. The third kappa shape index (κ3) is 3.56. The van der Waals surface area contributed by atoms with Crippen LogP contribution in [0.4, 0.5) is 5.69 Å². The summed E-state index contributed by atoms with van der Waals surface area (Å²) < 4.78 is 5.54. The Morgan fingerprint density at radius 1 is 1.26 bits per heavy atom. The average molecular weight is 401 g/mol. The summed E-state index contributed by atoms with van der Waals surface area (Å²) in [7, 11) is 0. The first-order valence-corrected chi connectivity index (χ1v) is 9.82. The highest BCUT2D eigenvalue weighted by Gasteiger charge is 2.25. The van der Waals surface area contributed by atoms with E-state index in [2.05, 4.69) is 0 Å². The number of halogens is 1. The van der Waals surface area contributed by atoms with Gasteiger partial charge in [-0.05, 0) is 30.7 Å². The maximum Gasteiger partial charge on any atom is 0.265 e. The average Bonchev–Trinajstić information content (AvgIpc) is 3.17. The molecule has 4 rings (SSSR count). The predicted molar refractivity (Wildman–Crippen MR) is 108 cm³/mol. The molecule has 0 unspecified atom stereocenters. The van der Waals surface area contributed by atoms with E-state index in [0.717, 1.165) is 21.8 Å². The van der Waals surface area contributed by atoms with E-state index in [9.17, 15) is 4.79 Å². The number of ether oxygens (including phenoxy) is 1. The highest BCUT2D eigenvalue weighted by atomic mass is 35.5. The van der Waals surface area contributed by atoms with Gasteiger partial charge in [0.15, 0.2) is 6.61 Å². The largest absolute Gasteiger partial charge is 0.482 e. The summed E-state index contributed by atoms with van der Waals surface area (Å²) in [6.07, 6.45) is 0.517. The van der Waals surface area contributed by atoms with E-state index in [1.54, 1.807) is 4.90 Å². The van der Waals surface area contributed by atoms with Crippen LogP contribution in [0, 0.1) is 0 Å². The molecule has 7 heteroatoms. The van der Waals surface area contributed by atoms with Crippen molar-refractivity contribution in [3.05, 3.63) is 52.9 Å². The number of benzene rings is 2. The molecular weight excluding hydrogens is 384 g/mol. The molecule has 1 N–H and O–H groups in total.